The molecule has 2 aromatic rings. The number of carbonyl (C=O) groups is 1. The molecular weight excluding hydrogens is 226 g/mol. The highest BCUT2D eigenvalue weighted by Crippen LogP contribution is 2.27. The van der Waals surface area contributed by atoms with Crippen LogP contribution in [-0.2, 0) is 17.8 Å². The first kappa shape index (κ1) is 10.9. The number of carboxylic acid groups (broad SMARTS) is 1. The summed E-state index contributed by atoms with van der Waals surface area (Å²) in [6.07, 6.45) is 1.49. The molecule has 0 radical (unpaired) electrons. The molecule has 0 spiro atoms. The molecule has 0 aliphatic heterocycles. The Morgan fingerprint density at radius 2 is 2.00 bits per heavy atom. The molecule has 5 heteroatoms. The minimum Gasteiger partial charge on any atom is -0.477 e. The highest BCUT2D eigenvalue weighted by atomic mass is 32.2. The van der Waals surface area contributed by atoms with Crippen LogP contribution in [0, 0.1) is 0 Å². The fraction of sp³-hybridized carbons (Fsp3) is 0.182. The Bertz CT molecular complexity index is 601. The molecule has 1 aromatic heterocycles. The van der Waals surface area contributed by atoms with Gasteiger partial charge in [-0.1, -0.05) is 18.2 Å². The van der Waals surface area contributed by atoms with Crippen LogP contribution >= 0.6 is 0 Å². The zero-order valence-electron chi connectivity index (χ0n) is 8.93. The Hall–Kier alpha value is -1.62. The number of benzene rings is 1. The number of nitrogens with zero attached hydrogens (tertiary/aromatic N) is 1. The standard InChI is InChI=1S/C11H11NO3S/c1-12-8-6-4-3-5-7(8)10(16(2)15)9(12)11(13)14/h3-6H,1-2H3,(H,13,14). The van der Waals surface area contributed by atoms with Gasteiger partial charge in [0.25, 0.3) is 0 Å². The summed E-state index contributed by atoms with van der Waals surface area (Å²) in [5.74, 6) is -1.05. The van der Waals surface area contributed by atoms with E-state index in [1.807, 2.05) is 18.2 Å². The monoisotopic (exact) mass is 237 g/mol. The van der Waals surface area contributed by atoms with Crippen LogP contribution in [-0.4, -0.2) is 26.1 Å². The van der Waals surface area contributed by atoms with Crippen LogP contribution in [0.25, 0.3) is 10.9 Å². The lowest BCUT2D eigenvalue weighted by Crippen LogP contribution is -2.07. The lowest BCUT2D eigenvalue weighted by molar-refractivity contribution is 0.0683. The van der Waals surface area contributed by atoms with E-state index < -0.39 is 16.8 Å². The van der Waals surface area contributed by atoms with Crippen molar-refractivity contribution in [2.45, 2.75) is 4.90 Å². The second-order valence-corrected chi connectivity index (χ2v) is 4.83. The molecule has 1 N–H and O–H groups in total. The Morgan fingerprint density at radius 1 is 1.38 bits per heavy atom. The number of fused-ring (bicyclic) bond motifs is 1. The summed E-state index contributed by atoms with van der Waals surface area (Å²) >= 11 is 0. The lowest BCUT2D eigenvalue weighted by Gasteiger charge is -1.99. The Labute approximate surface area is 95.0 Å². The summed E-state index contributed by atoms with van der Waals surface area (Å²) in [5.41, 5.74) is 0.882. The third kappa shape index (κ3) is 1.44. The van der Waals surface area contributed by atoms with Crippen molar-refractivity contribution in [3.63, 3.8) is 0 Å². The highest BCUT2D eigenvalue weighted by Gasteiger charge is 2.22. The third-order valence-electron chi connectivity index (χ3n) is 2.55. The fourth-order valence-electron chi connectivity index (χ4n) is 1.89. The number of carboxylic acids is 1. The summed E-state index contributed by atoms with van der Waals surface area (Å²) < 4.78 is 13.2. The molecule has 0 saturated carbocycles. The molecule has 0 aliphatic rings. The van der Waals surface area contributed by atoms with E-state index in [2.05, 4.69) is 0 Å². The van der Waals surface area contributed by atoms with Gasteiger partial charge in [0, 0.05) is 24.2 Å². The molecule has 0 aliphatic carbocycles. The number of rotatable bonds is 2. The molecule has 0 bridgehead atoms. The van der Waals surface area contributed by atoms with Gasteiger partial charge in [-0.25, -0.2) is 4.79 Å². The Kier molecular flexibility index (Phi) is 2.55. The summed E-state index contributed by atoms with van der Waals surface area (Å²) in [6.45, 7) is 0. The lowest BCUT2D eigenvalue weighted by atomic mass is 10.2. The molecule has 1 unspecified atom stereocenters. The van der Waals surface area contributed by atoms with Gasteiger partial charge in [-0.2, -0.15) is 0 Å². The average molecular weight is 237 g/mol. The number of aryl methyl sites for hydroxylation is 1. The smallest absolute Gasteiger partial charge is 0.353 e. The third-order valence-corrected chi connectivity index (χ3v) is 3.54. The first-order valence-electron chi connectivity index (χ1n) is 4.68. The van der Waals surface area contributed by atoms with Crippen LogP contribution in [0.2, 0.25) is 0 Å². The number of hydrogen-bond acceptors (Lipinski definition) is 2. The van der Waals surface area contributed by atoms with Crippen LogP contribution in [0.15, 0.2) is 29.2 Å². The van der Waals surface area contributed by atoms with Gasteiger partial charge in [0.1, 0.15) is 5.69 Å². The minimum absolute atomic E-state index is 0.0991. The molecule has 0 fully saturated rings. The molecule has 2 rings (SSSR count). The molecule has 4 nitrogen and oxygen atoms in total. The van der Waals surface area contributed by atoms with E-state index in [1.54, 1.807) is 17.7 Å². The van der Waals surface area contributed by atoms with Gasteiger partial charge in [-0.15, -0.1) is 0 Å². The number of para-hydroxylation sites is 1. The molecule has 0 amide bonds. The van der Waals surface area contributed by atoms with Gasteiger partial charge in [-0.3, -0.25) is 4.21 Å². The van der Waals surface area contributed by atoms with Gasteiger partial charge in [0.2, 0.25) is 0 Å². The van der Waals surface area contributed by atoms with E-state index in [4.69, 9.17) is 5.11 Å². The molecule has 1 aromatic carbocycles. The number of hydrogen-bond donors (Lipinski definition) is 1. The summed E-state index contributed by atoms with van der Waals surface area (Å²) in [5, 5.41) is 9.88. The van der Waals surface area contributed by atoms with Gasteiger partial charge in [-0.05, 0) is 6.07 Å². The summed E-state index contributed by atoms with van der Waals surface area (Å²) in [4.78, 5) is 11.6. The van der Waals surface area contributed by atoms with E-state index in [0.29, 0.717) is 4.90 Å². The van der Waals surface area contributed by atoms with E-state index >= 15 is 0 Å². The molecule has 1 heterocycles. The van der Waals surface area contributed by atoms with Crippen molar-refractivity contribution in [3.8, 4) is 0 Å². The topological polar surface area (TPSA) is 59.3 Å². The Balaban J connectivity index is 2.97. The fourth-order valence-corrected chi connectivity index (χ4v) is 2.87. The number of aromatic carboxylic acids is 1. The van der Waals surface area contributed by atoms with Crippen LogP contribution in [0.1, 0.15) is 10.5 Å². The van der Waals surface area contributed by atoms with Gasteiger partial charge >= 0.3 is 5.97 Å². The molecule has 16 heavy (non-hydrogen) atoms. The Morgan fingerprint density at radius 3 is 2.56 bits per heavy atom. The maximum atomic E-state index is 11.6. The van der Waals surface area contributed by atoms with Crippen molar-refractivity contribution >= 4 is 27.7 Å². The maximum absolute atomic E-state index is 11.6. The molecular formula is C11H11NO3S. The van der Waals surface area contributed by atoms with Crippen molar-refractivity contribution in [1.82, 2.24) is 4.57 Å². The van der Waals surface area contributed by atoms with Crippen LogP contribution in [0.4, 0.5) is 0 Å². The van der Waals surface area contributed by atoms with E-state index in [1.165, 1.54) is 6.26 Å². The summed E-state index contributed by atoms with van der Waals surface area (Å²) in [6, 6.07) is 7.25. The van der Waals surface area contributed by atoms with E-state index in [-0.39, 0.29) is 5.69 Å². The normalized spacial score (nSPS) is 12.9. The van der Waals surface area contributed by atoms with E-state index in [9.17, 15) is 9.00 Å². The SMILES string of the molecule is Cn1c(C(=O)O)c(S(C)=O)c2ccccc21. The first-order valence-corrected chi connectivity index (χ1v) is 6.24. The van der Waals surface area contributed by atoms with E-state index in [0.717, 1.165) is 10.9 Å². The maximum Gasteiger partial charge on any atom is 0.353 e. The highest BCUT2D eigenvalue weighted by molar-refractivity contribution is 7.84. The quantitative estimate of drug-likeness (QED) is 0.863. The predicted molar refractivity (Wildman–Crippen MR) is 62.2 cm³/mol. The van der Waals surface area contributed by atoms with Gasteiger partial charge < -0.3 is 9.67 Å². The second-order valence-electron chi connectivity index (χ2n) is 3.51. The van der Waals surface area contributed by atoms with Crippen LogP contribution < -0.4 is 0 Å². The first-order chi connectivity index (χ1) is 7.54. The van der Waals surface area contributed by atoms with Crippen LogP contribution in [0.3, 0.4) is 0 Å². The van der Waals surface area contributed by atoms with Crippen molar-refractivity contribution in [1.29, 1.82) is 0 Å². The number of aromatic nitrogens is 1. The molecule has 1 atom stereocenters. The zero-order chi connectivity index (χ0) is 11.9. The molecule has 0 saturated heterocycles. The van der Waals surface area contributed by atoms with Crippen molar-refractivity contribution in [2.75, 3.05) is 6.26 Å². The predicted octanol–water partition coefficient (Wildman–Crippen LogP) is 1.61. The van der Waals surface area contributed by atoms with Crippen molar-refractivity contribution in [2.24, 2.45) is 7.05 Å². The average Bonchev–Trinajstić information content (AvgIpc) is 2.53. The van der Waals surface area contributed by atoms with Crippen molar-refractivity contribution < 1.29 is 14.1 Å². The van der Waals surface area contributed by atoms with Crippen molar-refractivity contribution in [3.05, 3.63) is 30.0 Å². The van der Waals surface area contributed by atoms with Gasteiger partial charge in [0.15, 0.2) is 0 Å². The minimum atomic E-state index is -1.32. The van der Waals surface area contributed by atoms with Crippen LogP contribution in [0.5, 0.6) is 0 Å². The molecule has 84 valence electrons. The second kappa shape index (κ2) is 3.75. The zero-order valence-corrected chi connectivity index (χ0v) is 9.75. The summed E-state index contributed by atoms with van der Waals surface area (Å²) in [7, 11) is 0.352. The largest absolute Gasteiger partial charge is 0.477 e. The van der Waals surface area contributed by atoms with Gasteiger partial charge in [0.05, 0.1) is 15.7 Å².